The first-order valence-electron chi connectivity index (χ1n) is 10.1. The van der Waals surface area contributed by atoms with Crippen LogP contribution >= 0.6 is 0 Å². The van der Waals surface area contributed by atoms with Gasteiger partial charge in [-0.05, 0) is 44.0 Å². The van der Waals surface area contributed by atoms with Gasteiger partial charge in [-0.1, -0.05) is 0 Å². The number of ether oxygens (including phenoxy) is 2. The molecule has 0 radical (unpaired) electrons. The number of nitrogens with zero attached hydrogens (tertiary/aromatic N) is 1. The molecule has 30 heavy (non-hydrogen) atoms. The van der Waals surface area contributed by atoms with Gasteiger partial charge in [-0.2, -0.15) is 0 Å². The van der Waals surface area contributed by atoms with Crippen LogP contribution in [0.25, 0.3) is 0 Å². The fourth-order valence-electron chi connectivity index (χ4n) is 5.52. The summed E-state index contributed by atoms with van der Waals surface area (Å²) in [5.74, 6) is -1.76. The third-order valence-corrected chi connectivity index (χ3v) is 6.75. The Morgan fingerprint density at radius 3 is 2.57 bits per heavy atom. The molecule has 3 aliphatic rings. The average Bonchev–Trinajstić information content (AvgIpc) is 3.29. The van der Waals surface area contributed by atoms with E-state index >= 15 is 0 Å². The molecule has 0 aliphatic carbocycles. The molecule has 3 amide bonds. The fraction of sp³-hybridized carbons (Fsp3) is 0.571. The molecule has 2 bridgehead atoms. The highest BCUT2D eigenvalue weighted by molar-refractivity contribution is 6.03. The van der Waals surface area contributed by atoms with Crippen LogP contribution in [0.4, 0.5) is 5.69 Å². The van der Waals surface area contributed by atoms with E-state index in [2.05, 4.69) is 10.6 Å². The molecule has 2 unspecified atom stereocenters. The summed E-state index contributed by atoms with van der Waals surface area (Å²) in [5.41, 5.74) is -1.34. The van der Waals surface area contributed by atoms with E-state index in [0.717, 1.165) is 0 Å². The predicted octanol–water partition coefficient (Wildman–Crippen LogP) is 0.137. The Bertz CT molecular complexity index is 874. The minimum atomic E-state index is -1.09. The minimum Gasteiger partial charge on any atom is -0.497 e. The number of anilines is 1. The molecule has 0 saturated carbocycles. The van der Waals surface area contributed by atoms with Crippen LogP contribution in [0.3, 0.4) is 0 Å². The average molecular weight is 417 g/mol. The zero-order valence-corrected chi connectivity index (χ0v) is 17.3. The fourth-order valence-corrected chi connectivity index (χ4v) is 5.52. The molecular weight excluding hydrogens is 390 g/mol. The number of aliphatic hydroxyl groups excluding tert-OH is 1. The molecule has 3 saturated heterocycles. The second kappa shape index (κ2) is 7.24. The summed E-state index contributed by atoms with van der Waals surface area (Å²) in [4.78, 5) is 40.7. The molecule has 3 fully saturated rings. The van der Waals surface area contributed by atoms with Gasteiger partial charge in [-0.25, -0.2) is 0 Å². The van der Waals surface area contributed by atoms with Crippen molar-refractivity contribution in [1.29, 1.82) is 0 Å². The Morgan fingerprint density at radius 1 is 1.27 bits per heavy atom. The van der Waals surface area contributed by atoms with Gasteiger partial charge in [0.2, 0.25) is 17.7 Å². The van der Waals surface area contributed by atoms with Crippen molar-refractivity contribution >= 4 is 23.4 Å². The van der Waals surface area contributed by atoms with Crippen LogP contribution in [0.1, 0.15) is 19.8 Å². The Hall–Kier alpha value is -2.65. The number of carbonyl (C=O) groups excluding carboxylic acids is 3. The van der Waals surface area contributed by atoms with Crippen LogP contribution in [0.15, 0.2) is 24.3 Å². The Kier molecular flexibility index (Phi) is 4.98. The number of β-amino-alcohol motifs (C(OH)–C–C–N with tert-alkyl or cyclic N) is 1. The lowest BCUT2D eigenvalue weighted by Gasteiger charge is -2.33. The number of hydrogen-bond acceptors (Lipinski definition) is 6. The molecule has 3 N–H and O–H groups in total. The first-order chi connectivity index (χ1) is 14.3. The van der Waals surface area contributed by atoms with Gasteiger partial charge in [0.25, 0.3) is 0 Å². The van der Waals surface area contributed by atoms with Gasteiger partial charge in [0, 0.05) is 19.3 Å². The van der Waals surface area contributed by atoms with Crippen LogP contribution in [0.2, 0.25) is 0 Å². The largest absolute Gasteiger partial charge is 0.497 e. The smallest absolute Gasteiger partial charge is 0.250 e. The molecule has 5 atom stereocenters. The van der Waals surface area contributed by atoms with Gasteiger partial charge in [0.15, 0.2) is 0 Å². The van der Waals surface area contributed by atoms with Gasteiger partial charge in [-0.3, -0.25) is 14.4 Å². The van der Waals surface area contributed by atoms with Crippen LogP contribution in [0.5, 0.6) is 5.75 Å². The molecule has 3 aliphatic heterocycles. The lowest BCUT2D eigenvalue weighted by Crippen LogP contribution is -2.53. The predicted molar refractivity (Wildman–Crippen MR) is 107 cm³/mol. The van der Waals surface area contributed by atoms with Gasteiger partial charge in [-0.15, -0.1) is 0 Å². The first kappa shape index (κ1) is 20.6. The van der Waals surface area contributed by atoms with Crippen molar-refractivity contribution in [2.45, 2.75) is 37.0 Å². The number of carbonyl (C=O) groups is 3. The number of aliphatic hydroxyl groups is 1. The summed E-state index contributed by atoms with van der Waals surface area (Å²) in [6, 6.07) is 5.94. The number of methoxy groups -OCH3 is 1. The molecule has 3 heterocycles. The quantitative estimate of drug-likeness (QED) is 0.606. The first-order valence-corrected chi connectivity index (χ1v) is 10.1. The summed E-state index contributed by atoms with van der Waals surface area (Å²) in [5, 5.41) is 15.0. The summed E-state index contributed by atoms with van der Waals surface area (Å²) in [6.45, 7) is 1.54. The number of fused-ring (bicyclic) bond motifs is 1. The summed E-state index contributed by atoms with van der Waals surface area (Å²) >= 11 is 0. The second-order valence-corrected chi connectivity index (χ2v) is 8.31. The van der Waals surface area contributed by atoms with E-state index in [9.17, 15) is 19.5 Å². The molecule has 9 nitrogen and oxygen atoms in total. The minimum absolute atomic E-state index is 0.00167. The van der Waals surface area contributed by atoms with E-state index in [1.807, 2.05) is 6.92 Å². The molecule has 4 rings (SSSR count). The topological polar surface area (TPSA) is 117 Å². The van der Waals surface area contributed by atoms with Crippen molar-refractivity contribution < 1.29 is 29.0 Å². The summed E-state index contributed by atoms with van der Waals surface area (Å²) < 4.78 is 11.5. The molecule has 9 heteroatoms. The van der Waals surface area contributed by atoms with Crippen molar-refractivity contribution in [2.75, 3.05) is 32.6 Å². The highest BCUT2D eigenvalue weighted by Crippen LogP contribution is 2.63. The summed E-state index contributed by atoms with van der Waals surface area (Å²) in [7, 11) is 3.09. The van der Waals surface area contributed by atoms with Crippen LogP contribution in [0, 0.1) is 11.8 Å². The lowest BCUT2D eigenvalue weighted by molar-refractivity contribution is -0.144. The van der Waals surface area contributed by atoms with Crippen molar-refractivity contribution in [3.05, 3.63) is 24.3 Å². The van der Waals surface area contributed by atoms with Crippen molar-refractivity contribution in [3.63, 3.8) is 0 Å². The van der Waals surface area contributed by atoms with Gasteiger partial charge < -0.3 is 30.1 Å². The molecule has 0 aromatic heterocycles. The van der Waals surface area contributed by atoms with Gasteiger partial charge in [0.05, 0.1) is 31.2 Å². The van der Waals surface area contributed by atoms with E-state index < -0.39 is 35.0 Å². The lowest BCUT2D eigenvalue weighted by atomic mass is 9.66. The maximum absolute atomic E-state index is 13.4. The SMILES string of the molecule is CNC(=O)[C@H]1[C@H]2C(=O)N(CCO)C(C(=O)Nc3ccc(OC)cc3)C23CC[C@]1(C)O3. The van der Waals surface area contributed by atoms with Crippen molar-refractivity contribution in [1.82, 2.24) is 10.2 Å². The number of rotatable bonds is 6. The maximum atomic E-state index is 13.4. The molecule has 1 spiro atoms. The van der Waals surface area contributed by atoms with E-state index in [1.165, 1.54) is 11.9 Å². The van der Waals surface area contributed by atoms with Gasteiger partial charge in [0.1, 0.15) is 17.4 Å². The maximum Gasteiger partial charge on any atom is 0.250 e. The number of benzene rings is 1. The molecular formula is C21H27N3O6. The summed E-state index contributed by atoms with van der Waals surface area (Å²) in [6.07, 6.45) is 1.07. The zero-order valence-electron chi connectivity index (χ0n) is 17.3. The standard InChI is InChI=1S/C21H27N3O6/c1-20-8-9-21(30-20)15(14(20)17(26)22-2)19(28)24(10-11-25)16(21)18(27)23-12-4-6-13(29-3)7-5-12/h4-7,14-16,25H,8-11H2,1-3H3,(H,22,26)(H,23,27)/t14-,15+,16?,20+,21?/m1/s1. The Morgan fingerprint density at radius 2 is 1.97 bits per heavy atom. The Balaban J connectivity index is 1.69. The zero-order chi connectivity index (χ0) is 21.7. The third-order valence-electron chi connectivity index (χ3n) is 6.75. The van der Waals surface area contributed by atoms with Crippen molar-refractivity contribution in [2.24, 2.45) is 11.8 Å². The molecule has 1 aromatic rings. The second-order valence-electron chi connectivity index (χ2n) is 8.31. The van der Waals surface area contributed by atoms with Crippen molar-refractivity contribution in [3.8, 4) is 5.75 Å². The molecule has 162 valence electrons. The van der Waals surface area contributed by atoms with Crippen LogP contribution in [-0.4, -0.2) is 72.3 Å². The normalized spacial score (nSPS) is 34.1. The highest BCUT2D eigenvalue weighted by Gasteiger charge is 2.77. The Labute approximate surface area is 174 Å². The van der Waals surface area contributed by atoms with E-state index in [4.69, 9.17) is 9.47 Å². The molecule has 1 aromatic carbocycles. The van der Waals surface area contributed by atoms with E-state index in [1.54, 1.807) is 31.4 Å². The van der Waals surface area contributed by atoms with Gasteiger partial charge >= 0.3 is 0 Å². The number of amides is 3. The van der Waals surface area contributed by atoms with E-state index in [-0.39, 0.29) is 25.0 Å². The number of nitrogens with one attached hydrogen (secondary N) is 2. The van der Waals surface area contributed by atoms with Crippen LogP contribution in [-0.2, 0) is 19.1 Å². The number of hydrogen-bond donors (Lipinski definition) is 3. The third kappa shape index (κ3) is 2.79. The number of likely N-dealkylation sites (tertiary alicyclic amines) is 1. The van der Waals surface area contributed by atoms with E-state index in [0.29, 0.717) is 24.3 Å². The highest BCUT2D eigenvalue weighted by atomic mass is 16.5. The van der Waals surface area contributed by atoms with Crippen LogP contribution < -0.4 is 15.4 Å². The monoisotopic (exact) mass is 417 g/mol.